The molecule has 4 amide bonds. The third-order valence-corrected chi connectivity index (χ3v) is 14.8. The third-order valence-electron chi connectivity index (χ3n) is 12.6. The second-order valence-electron chi connectivity index (χ2n) is 18.9. The fraction of sp³-hybridized carbons (Fsp3) is 0.659. The minimum absolute atomic E-state index is 0.0357. The van der Waals surface area contributed by atoms with E-state index >= 15 is 0 Å². The number of hydrogen-bond donors (Lipinski definition) is 3. The van der Waals surface area contributed by atoms with Crippen molar-refractivity contribution in [1.29, 1.82) is 0 Å². The number of amides is 4. The number of allylic oxidation sites excluding steroid dienone is 1. The molecule has 1 saturated heterocycles. The van der Waals surface area contributed by atoms with Gasteiger partial charge in [0.1, 0.15) is 34.7 Å². The number of pyridine rings is 1. The molecule has 5 unspecified atom stereocenters. The van der Waals surface area contributed by atoms with Crippen molar-refractivity contribution >= 4 is 44.7 Å². The predicted molar refractivity (Wildman–Crippen MR) is 224 cm³/mol. The number of benzene rings is 1. The number of alkyl carbamates (subject to hydrolysis) is 1. The molecule has 0 bridgehead atoms. The van der Waals surface area contributed by atoms with Gasteiger partial charge in [0.25, 0.3) is 5.91 Å². The Hall–Kier alpha value is -4.44. The molecule has 1 aromatic heterocycles. The normalized spacial score (nSPS) is 27.6. The maximum atomic E-state index is 14.9. The van der Waals surface area contributed by atoms with Crippen molar-refractivity contribution in [3.63, 3.8) is 0 Å². The summed E-state index contributed by atoms with van der Waals surface area (Å²) in [6.07, 6.45) is 9.30. The molecule has 3 N–H and O–H groups in total. The monoisotopic (exact) mass is 851 g/mol. The summed E-state index contributed by atoms with van der Waals surface area (Å²) in [7, 11) is -2.35. The van der Waals surface area contributed by atoms with Gasteiger partial charge in [0, 0.05) is 43.4 Å². The van der Waals surface area contributed by atoms with Crippen molar-refractivity contribution in [2.24, 2.45) is 11.3 Å². The van der Waals surface area contributed by atoms with Gasteiger partial charge in [0.15, 0.2) is 0 Å². The van der Waals surface area contributed by atoms with Crippen LogP contribution in [-0.2, 0) is 40.3 Å². The lowest BCUT2D eigenvalue weighted by Crippen LogP contribution is -2.58. The molecule has 16 heteroatoms. The molecule has 3 fully saturated rings. The summed E-state index contributed by atoms with van der Waals surface area (Å²) in [5.41, 5.74) is -0.408. The Labute approximate surface area is 353 Å². The molecule has 1 spiro atoms. The first-order valence-corrected chi connectivity index (χ1v) is 22.9. The van der Waals surface area contributed by atoms with Crippen LogP contribution >= 0.6 is 0 Å². The van der Waals surface area contributed by atoms with Crippen molar-refractivity contribution < 1.29 is 46.5 Å². The summed E-state index contributed by atoms with van der Waals surface area (Å²) in [5, 5.41) is 6.67. The van der Waals surface area contributed by atoms with Gasteiger partial charge in [0.05, 0.1) is 35.7 Å². The van der Waals surface area contributed by atoms with Gasteiger partial charge >= 0.3 is 6.09 Å². The maximum Gasteiger partial charge on any atom is 0.407 e. The predicted octanol–water partition coefficient (Wildman–Crippen LogP) is 5.16. The van der Waals surface area contributed by atoms with Crippen LogP contribution in [0.2, 0.25) is 0 Å². The molecule has 2 aromatic rings. The zero-order chi connectivity index (χ0) is 43.1. The quantitative estimate of drug-likeness (QED) is 0.212. The topological polar surface area (TPSA) is 192 Å². The zero-order valence-electron chi connectivity index (χ0n) is 35.8. The van der Waals surface area contributed by atoms with Crippen LogP contribution < -0.4 is 24.8 Å². The van der Waals surface area contributed by atoms with E-state index < -0.39 is 67.7 Å². The van der Waals surface area contributed by atoms with Crippen LogP contribution in [0.5, 0.6) is 11.5 Å². The Balaban J connectivity index is 1.21. The van der Waals surface area contributed by atoms with E-state index in [2.05, 4.69) is 15.4 Å². The first-order chi connectivity index (χ1) is 28.4. The van der Waals surface area contributed by atoms with Crippen molar-refractivity contribution in [3.05, 3.63) is 41.6 Å². The second-order valence-corrected chi connectivity index (χ2v) is 21.1. The summed E-state index contributed by atoms with van der Waals surface area (Å²) in [5.74, 6) is -0.986. The molecule has 3 aliphatic heterocycles. The van der Waals surface area contributed by atoms with Gasteiger partial charge in [-0.25, -0.2) is 18.2 Å². The highest BCUT2D eigenvalue weighted by Crippen LogP contribution is 2.49. The number of aromatic nitrogens is 1. The number of sulfonamides is 1. The van der Waals surface area contributed by atoms with Gasteiger partial charge in [-0.3, -0.25) is 19.1 Å². The van der Waals surface area contributed by atoms with Gasteiger partial charge in [-0.2, -0.15) is 0 Å². The molecule has 1 aromatic carbocycles. The molecule has 4 heterocycles. The number of carbonyl (C=O) groups is 4. The van der Waals surface area contributed by atoms with Crippen LogP contribution in [0.4, 0.5) is 4.79 Å². The molecule has 15 nitrogen and oxygen atoms in total. The first-order valence-electron chi connectivity index (χ1n) is 21.4. The highest BCUT2D eigenvalue weighted by atomic mass is 32.2. The smallest absolute Gasteiger partial charge is 0.407 e. The van der Waals surface area contributed by atoms with E-state index in [0.717, 1.165) is 35.7 Å². The lowest BCUT2D eigenvalue weighted by molar-refractivity contribution is -0.141. The van der Waals surface area contributed by atoms with Gasteiger partial charge in [0.2, 0.25) is 21.8 Å². The molecule has 5 aliphatic rings. The van der Waals surface area contributed by atoms with E-state index in [1.807, 2.05) is 58.0 Å². The number of rotatable bonds is 10. The largest absolute Gasteiger partial charge is 0.493 e. The highest BCUT2D eigenvalue weighted by molar-refractivity contribution is 7.91. The van der Waals surface area contributed by atoms with E-state index in [4.69, 9.17) is 23.9 Å². The molecule has 0 radical (unpaired) electrons. The van der Waals surface area contributed by atoms with Gasteiger partial charge in [-0.15, -0.1) is 0 Å². The SMILES string of the molecule is COCCCOc1ccc2nc(C)c3c(c2c1)CCC1(CC2C(=O)NC4(C(=O)NS(=O)(=O)C5(C)CC5)CC4C=CCCCCCC(NC(=O)OCC(C)(C)C)C(=O)N2C1)O3. The average molecular weight is 852 g/mol. The third kappa shape index (κ3) is 9.24. The Kier molecular flexibility index (Phi) is 12.2. The summed E-state index contributed by atoms with van der Waals surface area (Å²) in [6.45, 7) is 10.6. The van der Waals surface area contributed by atoms with Gasteiger partial charge < -0.3 is 34.5 Å². The number of nitrogens with one attached hydrogen (secondary N) is 3. The van der Waals surface area contributed by atoms with Crippen molar-refractivity contribution in [2.75, 3.05) is 33.5 Å². The van der Waals surface area contributed by atoms with E-state index in [0.29, 0.717) is 75.4 Å². The Morgan fingerprint density at radius 2 is 1.87 bits per heavy atom. The molecule has 328 valence electrons. The molecule has 60 heavy (non-hydrogen) atoms. The molecule has 2 saturated carbocycles. The number of carbonyl (C=O) groups excluding carboxylic acids is 4. The summed E-state index contributed by atoms with van der Waals surface area (Å²) >= 11 is 0. The average Bonchev–Trinajstić information content (AvgIpc) is 4.09. The van der Waals surface area contributed by atoms with E-state index in [9.17, 15) is 27.6 Å². The van der Waals surface area contributed by atoms with Crippen LogP contribution in [0.25, 0.3) is 10.9 Å². The fourth-order valence-electron chi connectivity index (χ4n) is 8.62. The van der Waals surface area contributed by atoms with E-state index in [-0.39, 0.29) is 31.4 Å². The second kappa shape index (κ2) is 16.8. The maximum absolute atomic E-state index is 14.9. The summed E-state index contributed by atoms with van der Waals surface area (Å²) in [4.78, 5) is 63.2. The Morgan fingerprint density at radius 3 is 2.60 bits per heavy atom. The standard InChI is InChI=1S/C44H61N5O10S/c1-28-36-31(32-23-30(15-16-33(32)45-28)57-22-12-21-56-6)17-18-43(59-36)25-35-37(50)47-44(39(52)48-60(54,55)42(5)19-20-42)24-29(44)13-10-8-7-9-11-14-34(38(51)49(35)26-43)46-40(53)58-27-41(2,3)4/h10,13,15-16,23,29,34-35H,7-9,11-12,14,17-22,24-27H2,1-6H3,(H,46,53)(H,47,50)(H,48,52). The molecule has 5 atom stereocenters. The Morgan fingerprint density at radius 1 is 1.08 bits per heavy atom. The van der Waals surface area contributed by atoms with Crippen LogP contribution in [0.1, 0.15) is 110 Å². The zero-order valence-corrected chi connectivity index (χ0v) is 36.6. The molecule has 2 aliphatic carbocycles. The molecular formula is C44H61N5O10S. The number of methoxy groups -OCH3 is 1. The first kappa shape index (κ1) is 43.6. The number of fused-ring (bicyclic) bond motifs is 5. The summed E-state index contributed by atoms with van der Waals surface area (Å²) < 4.78 is 51.5. The minimum Gasteiger partial charge on any atom is -0.493 e. The lowest BCUT2D eigenvalue weighted by Gasteiger charge is -2.36. The summed E-state index contributed by atoms with van der Waals surface area (Å²) in [6, 6.07) is 3.69. The van der Waals surface area contributed by atoms with Crippen LogP contribution in [0, 0.1) is 18.3 Å². The number of hydrogen-bond acceptors (Lipinski definition) is 11. The van der Waals surface area contributed by atoms with E-state index in [1.165, 1.54) is 4.90 Å². The van der Waals surface area contributed by atoms with Crippen molar-refractivity contribution in [1.82, 2.24) is 25.2 Å². The number of nitrogens with zero attached hydrogens (tertiary/aromatic N) is 2. The number of aryl methyl sites for hydroxylation is 2. The highest BCUT2D eigenvalue weighted by Gasteiger charge is 2.64. The van der Waals surface area contributed by atoms with E-state index in [1.54, 1.807) is 14.0 Å². The van der Waals surface area contributed by atoms with Crippen molar-refractivity contribution in [2.45, 2.75) is 140 Å². The molecule has 7 rings (SSSR count). The lowest BCUT2D eigenvalue weighted by atomic mass is 9.87. The van der Waals surface area contributed by atoms with Crippen LogP contribution in [0.3, 0.4) is 0 Å². The van der Waals surface area contributed by atoms with Crippen LogP contribution in [-0.4, -0.2) is 104 Å². The van der Waals surface area contributed by atoms with Gasteiger partial charge in [-0.05, 0) is 88.8 Å². The Bertz CT molecular complexity index is 2150. The van der Waals surface area contributed by atoms with Gasteiger partial charge in [-0.1, -0.05) is 45.8 Å². The number of ether oxygens (including phenoxy) is 4. The van der Waals surface area contributed by atoms with Crippen LogP contribution in [0.15, 0.2) is 30.4 Å². The fourth-order valence-corrected chi connectivity index (χ4v) is 9.93. The molecular weight excluding hydrogens is 791 g/mol. The minimum atomic E-state index is -4.00. The van der Waals surface area contributed by atoms with Crippen molar-refractivity contribution in [3.8, 4) is 11.5 Å².